The maximum Gasteiger partial charge on any atom is 0.253 e. The highest BCUT2D eigenvalue weighted by atomic mass is 127. The van der Waals surface area contributed by atoms with Gasteiger partial charge in [0, 0.05) is 32.7 Å². The fourth-order valence-electron chi connectivity index (χ4n) is 3.07. The second kappa shape index (κ2) is 14.2. The third kappa shape index (κ3) is 11.0. The van der Waals surface area contributed by atoms with Gasteiger partial charge in [0.1, 0.15) is 0 Å². The van der Waals surface area contributed by atoms with Gasteiger partial charge in [-0.3, -0.25) is 4.79 Å². The molecule has 0 saturated heterocycles. The van der Waals surface area contributed by atoms with Crippen LogP contribution in [0.25, 0.3) is 0 Å². The third-order valence-corrected chi connectivity index (χ3v) is 4.71. The third-order valence-electron chi connectivity index (χ3n) is 4.71. The molecule has 0 bridgehead atoms. The summed E-state index contributed by atoms with van der Waals surface area (Å²) in [6.07, 6.45) is 0.804. The van der Waals surface area contributed by atoms with Crippen molar-refractivity contribution in [1.82, 2.24) is 15.5 Å². The number of ether oxygens (including phenoxy) is 1. The maximum absolute atomic E-state index is 12.2. The van der Waals surface area contributed by atoms with Gasteiger partial charge in [-0.05, 0) is 62.9 Å². The van der Waals surface area contributed by atoms with Crippen LogP contribution in [0.4, 0.5) is 0 Å². The molecule has 2 rings (SSSR count). The van der Waals surface area contributed by atoms with Gasteiger partial charge in [0.25, 0.3) is 5.91 Å². The van der Waals surface area contributed by atoms with Gasteiger partial charge < -0.3 is 20.3 Å². The monoisotopic (exact) mass is 566 g/mol. The molecule has 0 fully saturated rings. The highest BCUT2D eigenvalue weighted by Gasteiger charge is 2.10. The number of guanidine groups is 1. The first-order valence-electron chi connectivity index (χ1n) is 11.2. The van der Waals surface area contributed by atoms with Crippen molar-refractivity contribution in [1.29, 1.82) is 0 Å². The Labute approximate surface area is 216 Å². The van der Waals surface area contributed by atoms with Crippen LogP contribution >= 0.6 is 24.0 Å². The Morgan fingerprint density at radius 1 is 1.00 bits per heavy atom. The van der Waals surface area contributed by atoms with Gasteiger partial charge in [0.05, 0.1) is 18.8 Å². The van der Waals surface area contributed by atoms with Crippen molar-refractivity contribution in [2.45, 2.75) is 52.9 Å². The molecule has 0 radical (unpaired) electrons. The SMILES string of the molecule is CCNC(=NCc1cccc(COC(C)(C)C)c1)NCCc1cccc(C(=O)N(C)C)c1.I. The van der Waals surface area contributed by atoms with Gasteiger partial charge in [0.15, 0.2) is 5.96 Å². The summed E-state index contributed by atoms with van der Waals surface area (Å²) in [5.41, 5.74) is 3.97. The van der Waals surface area contributed by atoms with Crippen LogP contribution in [0.5, 0.6) is 0 Å². The summed E-state index contributed by atoms with van der Waals surface area (Å²) < 4.78 is 5.88. The molecule has 0 unspecified atom stereocenters. The highest BCUT2D eigenvalue weighted by Crippen LogP contribution is 2.13. The van der Waals surface area contributed by atoms with Crippen molar-refractivity contribution < 1.29 is 9.53 Å². The fraction of sp³-hybridized carbons (Fsp3) is 0.462. The molecule has 0 aliphatic carbocycles. The lowest BCUT2D eigenvalue weighted by molar-refractivity contribution is -0.0149. The fourth-order valence-corrected chi connectivity index (χ4v) is 3.07. The van der Waals surface area contributed by atoms with E-state index in [1.165, 1.54) is 0 Å². The van der Waals surface area contributed by atoms with E-state index in [-0.39, 0.29) is 35.5 Å². The smallest absolute Gasteiger partial charge is 0.253 e. The van der Waals surface area contributed by atoms with Gasteiger partial charge in [-0.15, -0.1) is 24.0 Å². The molecule has 0 atom stereocenters. The van der Waals surface area contributed by atoms with E-state index in [0.29, 0.717) is 18.7 Å². The Kier molecular flexibility index (Phi) is 12.4. The lowest BCUT2D eigenvalue weighted by Gasteiger charge is -2.19. The van der Waals surface area contributed by atoms with E-state index in [1.807, 2.05) is 24.3 Å². The van der Waals surface area contributed by atoms with Crippen molar-refractivity contribution in [3.05, 3.63) is 70.8 Å². The van der Waals surface area contributed by atoms with E-state index in [4.69, 9.17) is 9.73 Å². The zero-order valence-electron chi connectivity index (χ0n) is 20.8. The molecule has 2 aromatic carbocycles. The van der Waals surface area contributed by atoms with Crippen LogP contribution < -0.4 is 10.6 Å². The Morgan fingerprint density at radius 2 is 1.67 bits per heavy atom. The number of hydrogen-bond donors (Lipinski definition) is 2. The number of carbonyl (C=O) groups excluding carboxylic acids is 1. The highest BCUT2D eigenvalue weighted by molar-refractivity contribution is 14.0. The van der Waals surface area contributed by atoms with Crippen LogP contribution in [0, 0.1) is 0 Å². The Morgan fingerprint density at radius 3 is 2.33 bits per heavy atom. The molecule has 0 aromatic heterocycles. The number of benzene rings is 2. The summed E-state index contributed by atoms with van der Waals surface area (Å²) in [6, 6.07) is 16.1. The van der Waals surface area contributed by atoms with Gasteiger partial charge >= 0.3 is 0 Å². The Hall–Kier alpha value is -2.13. The van der Waals surface area contributed by atoms with E-state index in [9.17, 15) is 4.79 Å². The lowest BCUT2D eigenvalue weighted by Crippen LogP contribution is -2.38. The average Bonchev–Trinajstić information content (AvgIpc) is 2.75. The number of amides is 1. The number of rotatable bonds is 9. The number of carbonyl (C=O) groups is 1. The molecule has 7 heteroatoms. The molecule has 2 N–H and O–H groups in total. The quantitative estimate of drug-likeness (QED) is 0.264. The zero-order chi connectivity index (χ0) is 23.6. The van der Waals surface area contributed by atoms with Crippen LogP contribution in [-0.4, -0.2) is 49.6 Å². The predicted molar refractivity (Wildman–Crippen MR) is 147 cm³/mol. The summed E-state index contributed by atoms with van der Waals surface area (Å²) in [5.74, 6) is 0.800. The van der Waals surface area contributed by atoms with E-state index in [2.05, 4.69) is 62.6 Å². The largest absolute Gasteiger partial charge is 0.371 e. The molecular formula is C26H39IN4O2. The standard InChI is InChI=1S/C26H38N4O2.HI/c1-7-27-25(28-15-14-20-10-9-13-23(17-20)24(31)30(5)6)29-18-21-11-8-12-22(16-21)19-32-26(2,3)4;/h8-13,16-17H,7,14-15,18-19H2,1-6H3,(H2,27,28,29);1H. The Balaban J connectivity index is 0.00000544. The Bertz CT molecular complexity index is 907. The second-order valence-corrected chi connectivity index (χ2v) is 8.99. The normalized spacial score (nSPS) is 11.5. The molecule has 0 spiro atoms. The topological polar surface area (TPSA) is 66.0 Å². The first-order chi connectivity index (χ1) is 15.2. The van der Waals surface area contributed by atoms with Crippen molar-refractivity contribution in [2.24, 2.45) is 4.99 Å². The number of hydrogen-bond acceptors (Lipinski definition) is 3. The minimum atomic E-state index is -0.157. The van der Waals surface area contributed by atoms with Gasteiger partial charge in [-0.2, -0.15) is 0 Å². The molecule has 6 nitrogen and oxygen atoms in total. The van der Waals surface area contributed by atoms with Crippen LogP contribution in [0.3, 0.4) is 0 Å². The number of nitrogens with zero attached hydrogens (tertiary/aromatic N) is 2. The minimum absolute atomic E-state index is 0. The van der Waals surface area contributed by atoms with Crippen molar-refractivity contribution >= 4 is 35.8 Å². The molecule has 1 amide bonds. The molecule has 182 valence electrons. The van der Waals surface area contributed by atoms with Crippen LogP contribution in [0.1, 0.15) is 54.7 Å². The van der Waals surface area contributed by atoms with Gasteiger partial charge in [-0.1, -0.05) is 36.4 Å². The molecule has 0 aliphatic heterocycles. The summed E-state index contributed by atoms with van der Waals surface area (Å²) in [4.78, 5) is 18.5. The van der Waals surface area contributed by atoms with Crippen molar-refractivity contribution in [3.63, 3.8) is 0 Å². The van der Waals surface area contributed by atoms with Crippen LogP contribution in [0.15, 0.2) is 53.5 Å². The second-order valence-electron chi connectivity index (χ2n) is 8.99. The van der Waals surface area contributed by atoms with Gasteiger partial charge in [-0.25, -0.2) is 4.99 Å². The zero-order valence-corrected chi connectivity index (χ0v) is 23.1. The summed E-state index contributed by atoms with van der Waals surface area (Å²) >= 11 is 0. The average molecular weight is 567 g/mol. The first-order valence-corrected chi connectivity index (χ1v) is 11.2. The summed E-state index contributed by atoms with van der Waals surface area (Å²) in [5, 5.41) is 6.69. The van der Waals surface area contributed by atoms with E-state index < -0.39 is 0 Å². The molecule has 0 saturated carbocycles. The van der Waals surface area contributed by atoms with Crippen molar-refractivity contribution in [2.75, 3.05) is 27.2 Å². The van der Waals surface area contributed by atoms with Gasteiger partial charge in [0.2, 0.25) is 0 Å². The summed E-state index contributed by atoms with van der Waals surface area (Å²) in [7, 11) is 3.53. The van der Waals surface area contributed by atoms with Crippen LogP contribution in [-0.2, 0) is 24.3 Å². The van der Waals surface area contributed by atoms with E-state index in [1.54, 1.807) is 19.0 Å². The van der Waals surface area contributed by atoms with Crippen LogP contribution in [0.2, 0.25) is 0 Å². The first kappa shape index (κ1) is 28.9. The molecule has 0 heterocycles. The number of halogens is 1. The predicted octanol–water partition coefficient (Wildman–Crippen LogP) is 4.62. The lowest BCUT2D eigenvalue weighted by atomic mass is 10.1. The van der Waals surface area contributed by atoms with E-state index in [0.717, 1.165) is 42.2 Å². The molecule has 33 heavy (non-hydrogen) atoms. The van der Waals surface area contributed by atoms with Crippen molar-refractivity contribution in [3.8, 4) is 0 Å². The molecule has 2 aromatic rings. The molecule has 0 aliphatic rings. The number of aliphatic imine (C=N–C) groups is 1. The minimum Gasteiger partial charge on any atom is -0.371 e. The maximum atomic E-state index is 12.2. The summed E-state index contributed by atoms with van der Waals surface area (Å²) in [6.45, 7) is 10.9. The van der Waals surface area contributed by atoms with E-state index >= 15 is 0 Å². The number of nitrogens with one attached hydrogen (secondary N) is 2. The molecular weight excluding hydrogens is 527 g/mol.